The molecule has 0 heterocycles. The number of hydrogen-bond donors (Lipinski definition) is 1. The molecule has 0 bridgehead atoms. The van der Waals surface area contributed by atoms with Crippen LogP contribution in [-0.2, 0) is 0 Å². The van der Waals surface area contributed by atoms with Crippen molar-refractivity contribution in [2.75, 3.05) is 19.5 Å². The Hall–Kier alpha value is -2.49. The first-order chi connectivity index (χ1) is 10.0. The summed E-state index contributed by atoms with van der Waals surface area (Å²) in [5, 5.41) is 2.89. The largest absolute Gasteiger partial charge is 0.493 e. The number of carbonyl (C=O) groups excluding carboxylic acids is 1. The minimum atomic E-state index is -0.226. The van der Waals surface area contributed by atoms with Gasteiger partial charge in [0.1, 0.15) is 0 Å². The fraction of sp³-hybridized carbons (Fsp3) is 0.235. The van der Waals surface area contributed by atoms with Crippen molar-refractivity contribution < 1.29 is 14.3 Å². The minimum Gasteiger partial charge on any atom is -0.493 e. The average Bonchev–Trinajstić information content (AvgIpc) is 2.45. The zero-order valence-electron chi connectivity index (χ0n) is 12.7. The first-order valence-corrected chi connectivity index (χ1v) is 6.65. The van der Waals surface area contributed by atoms with Gasteiger partial charge in [0, 0.05) is 5.69 Å². The zero-order valence-corrected chi connectivity index (χ0v) is 12.7. The Kier molecular flexibility index (Phi) is 4.48. The lowest BCUT2D eigenvalue weighted by Gasteiger charge is -2.13. The maximum absolute atomic E-state index is 12.4. The monoisotopic (exact) mass is 285 g/mol. The number of anilines is 1. The van der Waals surface area contributed by atoms with Gasteiger partial charge in [-0.2, -0.15) is 0 Å². The number of methoxy groups -OCH3 is 2. The molecule has 0 fully saturated rings. The number of hydrogen-bond acceptors (Lipinski definition) is 3. The van der Waals surface area contributed by atoms with Crippen molar-refractivity contribution in [3.63, 3.8) is 0 Å². The third-order valence-corrected chi connectivity index (χ3v) is 3.13. The van der Waals surface area contributed by atoms with Gasteiger partial charge in [0.05, 0.1) is 19.8 Å². The molecular formula is C17H19NO3. The molecule has 0 aromatic heterocycles. The maximum atomic E-state index is 12.4. The van der Waals surface area contributed by atoms with Gasteiger partial charge in [-0.25, -0.2) is 0 Å². The van der Waals surface area contributed by atoms with Crippen LogP contribution in [0.4, 0.5) is 5.69 Å². The SMILES string of the molecule is COc1cccc(C(=O)Nc2cc(C)cc(C)c2)c1OC. The van der Waals surface area contributed by atoms with Crippen molar-refractivity contribution in [2.24, 2.45) is 0 Å². The molecule has 4 nitrogen and oxygen atoms in total. The molecule has 0 unspecified atom stereocenters. The number of benzene rings is 2. The molecule has 0 saturated heterocycles. The van der Waals surface area contributed by atoms with Gasteiger partial charge in [-0.15, -0.1) is 0 Å². The van der Waals surface area contributed by atoms with Gasteiger partial charge in [-0.3, -0.25) is 4.79 Å². The summed E-state index contributed by atoms with van der Waals surface area (Å²) in [7, 11) is 3.06. The molecule has 0 aliphatic heterocycles. The van der Waals surface area contributed by atoms with Crippen LogP contribution < -0.4 is 14.8 Å². The summed E-state index contributed by atoms with van der Waals surface area (Å²) in [4.78, 5) is 12.4. The Bertz CT molecular complexity index is 645. The van der Waals surface area contributed by atoms with E-state index < -0.39 is 0 Å². The Morgan fingerprint density at radius 1 is 1.00 bits per heavy atom. The highest BCUT2D eigenvalue weighted by molar-refractivity contribution is 6.06. The molecule has 0 aliphatic carbocycles. The molecule has 21 heavy (non-hydrogen) atoms. The van der Waals surface area contributed by atoms with E-state index in [2.05, 4.69) is 11.4 Å². The topological polar surface area (TPSA) is 47.6 Å². The predicted molar refractivity (Wildman–Crippen MR) is 83.4 cm³/mol. The summed E-state index contributed by atoms with van der Waals surface area (Å²) in [6.07, 6.45) is 0. The third-order valence-electron chi connectivity index (χ3n) is 3.13. The molecule has 0 saturated carbocycles. The van der Waals surface area contributed by atoms with E-state index in [1.165, 1.54) is 7.11 Å². The third kappa shape index (κ3) is 3.34. The van der Waals surface area contributed by atoms with Crippen molar-refractivity contribution in [1.82, 2.24) is 0 Å². The zero-order chi connectivity index (χ0) is 15.4. The van der Waals surface area contributed by atoms with Crippen molar-refractivity contribution >= 4 is 11.6 Å². The summed E-state index contributed by atoms with van der Waals surface area (Å²) in [6, 6.07) is 11.1. The van der Waals surface area contributed by atoms with Crippen molar-refractivity contribution in [1.29, 1.82) is 0 Å². The summed E-state index contributed by atoms with van der Waals surface area (Å²) in [6.45, 7) is 3.99. The minimum absolute atomic E-state index is 0.226. The van der Waals surface area contributed by atoms with Gasteiger partial charge in [0.2, 0.25) is 0 Å². The second kappa shape index (κ2) is 6.31. The first kappa shape index (κ1) is 14.9. The number of carbonyl (C=O) groups is 1. The van der Waals surface area contributed by atoms with E-state index in [0.29, 0.717) is 17.1 Å². The van der Waals surface area contributed by atoms with Gasteiger partial charge in [0.25, 0.3) is 5.91 Å². The Labute approximate surface area is 124 Å². The van der Waals surface area contributed by atoms with Crippen LogP contribution in [-0.4, -0.2) is 20.1 Å². The fourth-order valence-corrected chi connectivity index (χ4v) is 2.31. The second-order valence-corrected chi connectivity index (χ2v) is 4.87. The number of para-hydroxylation sites is 1. The molecular weight excluding hydrogens is 266 g/mol. The quantitative estimate of drug-likeness (QED) is 0.934. The van der Waals surface area contributed by atoms with Crippen molar-refractivity contribution in [2.45, 2.75) is 13.8 Å². The molecule has 0 radical (unpaired) electrons. The molecule has 1 amide bonds. The highest BCUT2D eigenvalue weighted by Gasteiger charge is 2.16. The van der Waals surface area contributed by atoms with Crippen LogP contribution in [0.1, 0.15) is 21.5 Å². The van der Waals surface area contributed by atoms with E-state index in [0.717, 1.165) is 16.8 Å². The Morgan fingerprint density at radius 2 is 1.67 bits per heavy atom. The van der Waals surface area contributed by atoms with Gasteiger partial charge in [-0.1, -0.05) is 12.1 Å². The molecule has 2 aromatic carbocycles. The maximum Gasteiger partial charge on any atom is 0.259 e. The molecule has 0 atom stereocenters. The van der Waals surface area contributed by atoms with E-state index in [1.54, 1.807) is 25.3 Å². The molecule has 4 heteroatoms. The van der Waals surface area contributed by atoms with Crippen molar-refractivity contribution in [3.8, 4) is 11.5 Å². The van der Waals surface area contributed by atoms with E-state index in [1.807, 2.05) is 26.0 Å². The highest BCUT2D eigenvalue weighted by Crippen LogP contribution is 2.31. The van der Waals surface area contributed by atoms with Crippen LogP contribution >= 0.6 is 0 Å². The summed E-state index contributed by atoms with van der Waals surface area (Å²) in [5.74, 6) is 0.739. The van der Waals surface area contributed by atoms with Gasteiger partial charge < -0.3 is 14.8 Å². The molecule has 0 aliphatic rings. The van der Waals surface area contributed by atoms with E-state index in [9.17, 15) is 4.79 Å². The van der Waals surface area contributed by atoms with Crippen LogP contribution in [0.3, 0.4) is 0 Å². The van der Waals surface area contributed by atoms with E-state index >= 15 is 0 Å². The number of nitrogens with one attached hydrogen (secondary N) is 1. The smallest absolute Gasteiger partial charge is 0.259 e. The average molecular weight is 285 g/mol. The number of ether oxygens (including phenoxy) is 2. The van der Waals surface area contributed by atoms with Gasteiger partial charge in [-0.05, 0) is 49.2 Å². The number of amides is 1. The fourth-order valence-electron chi connectivity index (χ4n) is 2.31. The molecule has 2 aromatic rings. The van der Waals surface area contributed by atoms with E-state index in [4.69, 9.17) is 9.47 Å². The molecule has 110 valence electrons. The lowest BCUT2D eigenvalue weighted by molar-refractivity contribution is 0.102. The van der Waals surface area contributed by atoms with Crippen molar-refractivity contribution in [3.05, 3.63) is 53.1 Å². The van der Waals surface area contributed by atoms with Crippen LogP contribution in [0, 0.1) is 13.8 Å². The van der Waals surface area contributed by atoms with Crippen LogP contribution in [0.25, 0.3) is 0 Å². The highest BCUT2D eigenvalue weighted by atomic mass is 16.5. The lowest BCUT2D eigenvalue weighted by Crippen LogP contribution is -2.13. The van der Waals surface area contributed by atoms with Gasteiger partial charge >= 0.3 is 0 Å². The van der Waals surface area contributed by atoms with Gasteiger partial charge in [0.15, 0.2) is 11.5 Å². The normalized spacial score (nSPS) is 10.1. The standard InChI is InChI=1S/C17H19NO3/c1-11-8-12(2)10-13(9-11)18-17(19)14-6-5-7-15(20-3)16(14)21-4/h5-10H,1-4H3,(H,18,19). The molecule has 0 spiro atoms. The van der Waals surface area contributed by atoms with Crippen LogP contribution in [0.2, 0.25) is 0 Å². The summed E-state index contributed by atoms with van der Waals surface area (Å²) >= 11 is 0. The molecule has 1 N–H and O–H groups in total. The summed E-state index contributed by atoms with van der Waals surface area (Å²) < 4.78 is 10.5. The Balaban J connectivity index is 2.32. The number of aryl methyl sites for hydroxylation is 2. The lowest BCUT2D eigenvalue weighted by atomic mass is 10.1. The van der Waals surface area contributed by atoms with Crippen LogP contribution in [0.15, 0.2) is 36.4 Å². The molecule has 2 rings (SSSR count). The Morgan fingerprint density at radius 3 is 2.24 bits per heavy atom. The predicted octanol–water partition coefficient (Wildman–Crippen LogP) is 3.57. The number of rotatable bonds is 4. The first-order valence-electron chi connectivity index (χ1n) is 6.65. The van der Waals surface area contributed by atoms with Crippen LogP contribution in [0.5, 0.6) is 11.5 Å². The van der Waals surface area contributed by atoms with E-state index in [-0.39, 0.29) is 5.91 Å². The summed E-state index contributed by atoms with van der Waals surface area (Å²) in [5.41, 5.74) is 3.41. The second-order valence-electron chi connectivity index (χ2n) is 4.87.